The van der Waals surface area contributed by atoms with Gasteiger partial charge < -0.3 is 43.9 Å². The molecule has 1 fully saturated rings. The first-order chi connectivity index (χ1) is 21.6. The fourth-order valence-electron chi connectivity index (χ4n) is 5.46. The minimum Gasteiger partial charge on any atom is -0.480 e. The van der Waals surface area contributed by atoms with Crippen molar-refractivity contribution in [2.75, 3.05) is 19.9 Å². The van der Waals surface area contributed by atoms with Crippen molar-refractivity contribution in [2.45, 2.75) is 43.6 Å². The molecule has 0 radical (unpaired) electrons. The van der Waals surface area contributed by atoms with Crippen LogP contribution in [0.15, 0.2) is 72.8 Å². The molecule has 3 atom stereocenters. The Morgan fingerprint density at radius 2 is 1.60 bits per heavy atom. The highest BCUT2D eigenvalue weighted by Crippen LogP contribution is 2.38. The highest BCUT2D eigenvalue weighted by Gasteiger charge is 2.58. The second-order valence-electron chi connectivity index (χ2n) is 10.5. The third kappa shape index (κ3) is 6.69. The number of carbonyl (C=O) groups excluding carboxylic acids is 1. The van der Waals surface area contributed by atoms with E-state index in [1.807, 2.05) is 54.6 Å². The minimum absolute atomic E-state index is 0.0909. The molecule has 13 heteroatoms. The zero-order valence-electron chi connectivity index (χ0n) is 24.2. The number of para-hydroxylation sites is 2. The normalized spacial score (nSPS) is 17.7. The summed E-state index contributed by atoms with van der Waals surface area (Å²) in [6, 6.07) is 21.1. The lowest BCUT2D eigenvalue weighted by molar-refractivity contribution is -0.218. The van der Waals surface area contributed by atoms with Gasteiger partial charge in [0, 0.05) is 12.0 Å². The number of hydrogen-bond donors (Lipinski definition) is 3. The van der Waals surface area contributed by atoms with Gasteiger partial charge in [0.1, 0.15) is 18.0 Å². The standard InChI is InChI=1S/C32H31NO12/c1-19(33(16-27(34)35)29(36)26-17-43-32(45-26,30(37)38)31(39)40)24(15-12-21-6-5-9-25-28(21)42-18-41-25)20-10-13-23(14-11-20)44-22-7-3-2-4-8-22/h2-11,13-14,19,24,26H,12,15-18H2,1H3,(H,34,35)(H,37,38)(H,39,40). The molecule has 3 unspecified atom stereocenters. The predicted molar refractivity (Wildman–Crippen MR) is 154 cm³/mol. The second kappa shape index (κ2) is 13.2. The molecule has 0 aromatic heterocycles. The van der Waals surface area contributed by atoms with Crippen LogP contribution in [0.1, 0.15) is 30.4 Å². The van der Waals surface area contributed by atoms with Gasteiger partial charge in [0.25, 0.3) is 5.91 Å². The molecule has 0 aliphatic carbocycles. The minimum atomic E-state index is -3.08. The van der Waals surface area contributed by atoms with Gasteiger partial charge in [0.2, 0.25) is 6.79 Å². The number of carboxylic acids is 3. The Balaban J connectivity index is 1.44. The monoisotopic (exact) mass is 621 g/mol. The maximum atomic E-state index is 13.7. The van der Waals surface area contributed by atoms with E-state index in [9.17, 15) is 34.5 Å². The third-order valence-corrected chi connectivity index (χ3v) is 7.74. The zero-order valence-corrected chi connectivity index (χ0v) is 24.2. The summed E-state index contributed by atoms with van der Waals surface area (Å²) in [6.45, 7) is 0.320. The summed E-state index contributed by atoms with van der Waals surface area (Å²) in [7, 11) is 0. The molecule has 3 aromatic carbocycles. The largest absolute Gasteiger partial charge is 0.480 e. The highest BCUT2D eigenvalue weighted by molar-refractivity contribution is 6.01. The fourth-order valence-corrected chi connectivity index (χ4v) is 5.46. The summed E-state index contributed by atoms with van der Waals surface area (Å²) < 4.78 is 27.1. The van der Waals surface area contributed by atoms with Crippen LogP contribution >= 0.6 is 0 Å². The maximum absolute atomic E-state index is 13.7. The number of fused-ring (bicyclic) bond motifs is 1. The van der Waals surface area contributed by atoms with Crippen molar-refractivity contribution in [2.24, 2.45) is 0 Å². The van der Waals surface area contributed by atoms with Crippen LogP contribution in [0, 0.1) is 0 Å². The van der Waals surface area contributed by atoms with E-state index in [0.29, 0.717) is 35.8 Å². The van der Waals surface area contributed by atoms with Crippen molar-refractivity contribution in [1.82, 2.24) is 4.90 Å². The summed E-state index contributed by atoms with van der Waals surface area (Å²) >= 11 is 0. The van der Waals surface area contributed by atoms with Gasteiger partial charge in [-0.25, -0.2) is 9.59 Å². The molecule has 0 saturated carbocycles. The van der Waals surface area contributed by atoms with Gasteiger partial charge >= 0.3 is 23.7 Å². The predicted octanol–water partition coefficient (Wildman–Crippen LogP) is 3.51. The van der Waals surface area contributed by atoms with Crippen LogP contribution in [0.3, 0.4) is 0 Å². The number of aryl methyl sites for hydroxylation is 1. The summed E-state index contributed by atoms with van der Waals surface area (Å²) in [4.78, 5) is 50.0. The van der Waals surface area contributed by atoms with E-state index >= 15 is 0 Å². The van der Waals surface area contributed by atoms with Gasteiger partial charge in [-0.15, -0.1) is 0 Å². The topological polar surface area (TPSA) is 178 Å². The highest BCUT2D eigenvalue weighted by atomic mass is 16.8. The molecule has 2 aliphatic rings. The molecule has 3 N–H and O–H groups in total. The van der Waals surface area contributed by atoms with Crippen molar-refractivity contribution < 1.29 is 58.2 Å². The van der Waals surface area contributed by atoms with Gasteiger partial charge in [-0.3, -0.25) is 9.59 Å². The lowest BCUT2D eigenvalue weighted by Crippen LogP contribution is -2.52. The first-order valence-corrected chi connectivity index (χ1v) is 14.1. The molecule has 5 rings (SSSR count). The number of carboxylic acid groups (broad SMARTS) is 3. The molecule has 0 bridgehead atoms. The van der Waals surface area contributed by atoms with Gasteiger partial charge in [0.05, 0.1) is 6.61 Å². The molecule has 45 heavy (non-hydrogen) atoms. The first kappa shape index (κ1) is 31.3. The number of nitrogens with zero attached hydrogens (tertiary/aromatic N) is 1. The van der Waals surface area contributed by atoms with Crippen molar-refractivity contribution in [3.63, 3.8) is 0 Å². The van der Waals surface area contributed by atoms with Gasteiger partial charge in [-0.1, -0.05) is 42.5 Å². The molecule has 1 amide bonds. The lowest BCUT2D eigenvalue weighted by Gasteiger charge is -2.35. The number of amides is 1. The quantitative estimate of drug-likeness (QED) is 0.237. The Morgan fingerprint density at radius 3 is 2.24 bits per heavy atom. The van der Waals surface area contributed by atoms with Crippen LogP contribution in [-0.4, -0.2) is 81.9 Å². The van der Waals surface area contributed by atoms with Crippen molar-refractivity contribution in [1.29, 1.82) is 0 Å². The molecule has 2 aliphatic heterocycles. The maximum Gasteiger partial charge on any atom is 0.377 e. The molecular formula is C32H31NO12. The molecular weight excluding hydrogens is 590 g/mol. The molecule has 236 valence electrons. The molecule has 0 spiro atoms. The number of ether oxygens (including phenoxy) is 5. The van der Waals surface area contributed by atoms with Crippen LogP contribution in [0.5, 0.6) is 23.0 Å². The molecule has 13 nitrogen and oxygen atoms in total. The van der Waals surface area contributed by atoms with Gasteiger partial charge in [-0.05, 0) is 61.2 Å². The van der Waals surface area contributed by atoms with E-state index in [1.54, 1.807) is 25.1 Å². The van der Waals surface area contributed by atoms with Gasteiger partial charge in [0.15, 0.2) is 17.6 Å². The smallest absolute Gasteiger partial charge is 0.377 e. The van der Waals surface area contributed by atoms with E-state index in [-0.39, 0.29) is 6.79 Å². The third-order valence-electron chi connectivity index (χ3n) is 7.74. The second-order valence-corrected chi connectivity index (χ2v) is 10.5. The number of rotatable bonds is 13. The van der Waals surface area contributed by atoms with E-state index in [4.69, 9.17) is 23.7 Å². The molecule has 1 saturated heterocycles. The fraction of sp³-hybridized carbons (Fsp3) is 0.312. The lowest BCUT2D eigenvalue weighted by atomic mass is 9.85. The SMILES string of the molecule is CC(C(CCc1cccc2c1OCO2)c1ccc(Oc2ccccc2)cc1)N(CC(=O)O)C(=O)C1COC(C(=O)O)(C(=O)O)O1. The number of benzene rings is 3. The van der Waals surface area contributed by atoms with Crippen molar-refractivity contribution in [3.8, 4) is 23.0 Å². The Morgan fingerprint density at radius 1 is 0.911 bits per heavy atom. The average molecular weight is 622 g/mol. The Kier molecular flexibility index (Phi) is 9.21. The van der Waals surface area contributed by atoms with Crippen molar-refractivity contribution >= 4 is 23.8 Å². The zero-order chi connectivity index (χ0) is 32.1. The Hall–Kier alpha value is -5.14. The van der Waals surface area contributed by atoms with Crippen LogP contribution in [0.4, 0.5) is 0 Å². The van der Waals surface area contributed by atoms with E-state index in [2.05, 4.69) is 0 Å². The van der Waals surface area contributed by atoms with Crippen LogP contribution < -0.4 is 14.2 Å². The summed E-state index contributed by atoms with van der Waals surface area (Å²) in [5.41, 5.74) is 1.63. The summed E-state index contributed by atoms with van der Waals surface area (Å²) in [5.74, 6) is -7.23. The molecule has 3 aromatic rings. The first-order valence-electron chi connectivity index (χ1n) is 14.1. The number of hydrogen-bond acceptors (Lipinski definition) is 9. The number of aliphatic carboxylic acids is 3. The van der Waals surface area contributed by atoms with E-state index in [1.165, 1.54) is 0 Å². The van der Waals surface area contributed by atoms with E-state index < -0.39 is 60.8 Å². The Bertz CT molecular complexity index is 1540. The Labute approximate surface area is 257 Å². The van der Waals surface area contributed by atoms with Crippen LogP contribution in [-0.2, 0) is 35.1 Å². The van der Waals surface area contributed by atoms with Crippen LogP contribution in [0.25, 0.3) is 0 Å². The van der Waals surface area contributed by atoms with Gasteiger partial charge in [-0.2, -0.15) is 0 Å². The average Bonchev–Trinajstić information content (AvgIpc) is 3.70. The molecule has 2 heterocycles. The van der Waals surface area contributed by atoms with E-state index in [0.717, 1.165) is 16.0 Å². The number of carbonyl (C=O) groups is 4. The summed E-state index contributed by atoms with van der Waals surface area (Å²) in [5, 5.41) is 28.6. The summed E-state index contributed by atoms with van der Waals surface area (Å²) in [6.07, 6.45) is -0.757. The van der Waals surface area contributed by atoms with Crippen molar-refractivity contribution in [3.05, 3.63) is 83.9 Å². The van der Waals surface area contributed by atoms with Crippen LogP contribution in [0.2, 0.25) is 0 Å².